The summed E-state index contributed by atoms with van der Waals surface area (Å²) in [5, 5.41) is 5.11. The second-order valence-corrected chi connectivity index (χ2v) is 5.91. The lowest BCUT2D eigenvalue weighted by atomic mass is 9.90. The SMILES string of the molecule is COc1ccc2cc3c(c(-c4ccc(C)cc4)c2c1)CNC3=O. The summed E-state index contributed by atoms with van der Waals surface area (Å²) in [5.41, 5.74) is 5.31. The molecule has 0 fully saturated rings. The van der Waals surface area contributed by atoms with Gasteiger partial charge in [-0.05, 0) is 52.6 Å². The average Bonchev–Trinajstić information content (AvgIpc) is 2.94. The number of amides is 1. The van der Waals surface area contributed by atoms with E-state index in [-0.39, 0.29) is 5.91 Å². The largest absolute Gasteiger partial charge is 0.497 e. The van der Waals surface area contributed by atoms with E-state index in [4.69, 9.17) is 4.74 Å². The van der Waals surface area contributed by atoms with Crippen LogP contribution >= 0.6 is 0 Å². The first-order valence-electron chi connectivity index (χ1n) is 7.66. The minimum absolute atomic E-state index is 0.00563. The Morgan fingerprint density at radius 3 is 2.57 bits per heavy atom. The van der Waals surface area contributed by atoms with E-state index in [2.05, 4.69) is 36.5 Å². The zero-order chi connectivity index (χ0) is 16.0. The second-order valence-electron chi connectivity index (χ2n) is 5.91. The number of benzene rings is 3. The Labute approximate surface area is 134 Å². The first-order valence-corrected chi connectivity index (χ1v) is 7.66. The summed E-state index contributed by atoms with van der Waals surface area (Å²) in [6, 6.07) is 16.4. The number of methoxy groups -OCH3 is 1. The lowest BCUT2D eigenvalue weighted by molar-refractivity contribution is 0.0966. The topological polar surface area (TPSA) is 38.3 Å². The summed E-state index contributed by atoms with van der Waals surface area (Å²) >= 11 is 0. The third kappa shape index (κ3) is 2.16. The zero-order valence-corrected chi connectivity index (χ0v) is 13.1. The van der Waals surface area contributed by atoms with Crippen molar-refractivity contribution in [1.29, 1.82) is 0 Å². The van der Waals surface area contributed by atoms with Crippen LogP contribution in [-0.2, 0) is 6.54 Å². The molecule has 3 aromatic rings. The van der Waals surface area contributed by atoms with Gasteiger partial charge in [0.1, 0.15) is 5.75 Å². The molecule has 0 bridgehead atoms. The molecule has 1 amide bonds. The Morgan fingerprint density at radius 2 is 1.83 bits per heavy atom. The molecule has 3 aromatic carbocycles. The van der Waals surface area contributed by atoms with Crippen molar-refractivity contribution in [2.24, 2.45) is 0 Å². The van der Waals surface area contributed by atoms with Gasteiger partial charge >= 0.3 is 0 Å². The molecule has 0 saturated carbocycles. The van der Waals surface area contributed by atoms with Gasteiger partial charge in [0.25, 0.3) is 5.91 Å². The Hall–Kier alpha value is -2.81. The standard InChI is InChI=1S/C20H17NO2/c1-12-3-5-13(6-4-12)19-16-10-15(23-2)8-7-14(16)9-17-18(19)11-21-20(17)22/h3-10H,11H2,1-2H3,(H,21,22). The lowest BCUT2D eigenvalue weighted by Gasteiger charge is -2.13. The van der Waals surface area contributed by atoms with E-state index in [1.165, 1.54) is 5.56 Å². The number of hydrogen-bond acceptors (Lipinski definition) is 2. The van der Waals surface area contributed by atoms with Gasteiger partial charge in [-0.15, -0.1) is 0 Å². The van der Waals surface area contributed by atoms with Crippen LogP contribution in [0.1, 0.15) is 21.5 Å². The van der Waals surface area contributed by atoms with Crippen LogP contribution in [0.2, 0.25) is 0 Å². The highest BCUT2D eigenvalue weighted by molar-refractivity contribution is 6.09. The molecule has 4 rings (SSSR count). The second kappa shape index (κ2) is 5.13. The zero-order valence-electron chi connectivity index (χ0n) is 13.1. The summed E-state index contributed by atoms with van der Waals surface area (Å²) in [6.07, 6.45) is 0. The highest BCUT2D eigenvalue weighted by atomic mass is 16.5. The first kappa shape index (κ1) is 13.8. The van der Waals surface area contributed by atoms with E-state index in [0.29, 0.717) is 6.54 Å². The lowest BCUT2D eigenvalue weighted by Crippen LogP contribution is -2.12. The average molecular weight is 303 g/mol. The van der Waals surface area contributed by atoms with Crippen LogP contribution in [-0.4, -0.2) is 13.0 Å². The minimum Gasteiger partial charge on any atom is -0.497 e. The fourth-order valence-electron chi connectivity index (χ4n) is 3.24. The molecule has 0 aromatic heterocycles. The number of ether oxygens (including phenoxy) is 1. The van der Waals surface area contributed by atoms with Gasteiger partial charge in [0.15, 0.2) is 0 Å². The Balaban J connectivity index is 2.10. The molecule has 0 atom stereocenters. The molecule has 3 nitrogen and oxygen atoms in total. The Morgan fingerprint density at radius 1 is 1.04 bits per heavy atom. The predicted octanol–water partition coefficient (Wildman–Crippen LogP) is 4.07. The maximum absolute atomic E-state index is 12.1. The van der Waals surface area contributed by atoms with Gasteiger partial charge < -0.3 is 10.1 Å². The molecule has 0 unspecified atom stereocenters. The maximum atomic E-state index is 12.1. The fourth-order valence-corrected chi connectivity index (χ4v) is 3.24. The third-order valence-electron chi connectivity index (χ3n) is 4.47. The molecule has 3 heteroatoms. The molecule has 1 heterocycles. The highest BCUT2D eigenvalue weighted by Crippen LogP contribution is 2.38. The molecule has 0 saturated heterocycles. The van der Waals surface area contributed by atoms with Crippen molar-refractivity contribution in [3.63, 3.8) is 0 Å². The smallest absolute Gasteiger partial charge is 0.251 e. The minimum atomic E-state index is 0.00563. The van der Waals surface area contributed by atoms with Gasteiger partial charge in [0, 0.05) is 12.1 Å². The molecule has 114 valence electrons. The van der Waals surface area contributed by atoms with Crippen LogP contribution in [0, 0.1) is 6.92 Å². The van der Waals surface area contributed by atoms with Gasteiger partial charge in [-0.25, -0.2) is 0 Å². The van der Waals surface area contributed by atoms with Gasteiger partial charge in [0.2, 0.25) is 0 Å². The van der Waals surface area contributed by atoms with Gasteiger partial charge in [0.05, 0.1) is 7.11 Å². The van der Waals surface area contributed by atoms with E-state index < -0.39 is 0 Å². The monoisotopic (exact) mass is 303 g/mol. The summed E-state index contributed by atoms with van der Waals surface area (Å²) in [4.78, 5) is 12.1. The van der Waals surface area contributed by atoms with Gasteiger partial charge in [-0.2, -0.15) is 0 Å². The molecular weight excluding hydrogens is 286 g/mol. The number of hydrogen-bond donors (Lipinski definition) is 1. The van der Waals surface area contributed by atoms with Crippen molar-refractivity contribution in [3.05, 3.63) is 65.2 Å². The molecular formula is C20H17NO2. The first-order chi connectivity index (χ1) is 11.2. The third-order valence-corrected chi connectivity index (χ3v) is 4.47. The highest BCUT2D eigenvalue weighted by Gasteiger charge is 2.24. The fraction of sp³-hybridized carbons (Fsp3) is 0.150. The molecule has 1 aliphatic heterocycles. The van der Waals surface area contributed by atoms with Crippen LogP contribution in [0.4, 0.5) is 0 Å². The predicted molar refractivity (Wildman–Crippen MR) is 91.8 cm³/mol. The molecule has 0 aliphatic carbocycles. The number of aryl methyl sites for hydroxylation is 1. The van der Waals surface area contributed by atoms with Crippen molar-refractivity contribution in [1.82, 2.24) is 5.32 Å². The molecule has 0 radical (unpaired) electrons. The normalized spacial score (nSPS) is 13.0. The summed E-state index contributed by atoms with van der Waals surface area (Å²) in [7, 11) is 1.67. The quantitative estimate of drug-likeness (QED) is 0.775. The van der Waals surface area contributed by atoms with Crippen molar-refractivity contribution in [2.75, 3.05) is 7.11 Å². The maximum Gasteiger partial charge on any atom is 0.251 e. The molecule has 1 aliphatic rings. The van der Waals surface area contributed by atoms with E-state index in [1.54, 1.807) is 7.11 Å². The van der Waals surface area contributed by atoms with Gasteiger partial charge in [-0.3, -0.25) is 4.79 Å². The molecule has 1 N–H and O–H groups in total. The summed E-state index contributed by atoms with van der Waals surface area (Å²) in [5.74, 6) is 0.828. The van der Waals surface area contributed by atoms with Crippen molar-refractivity contribution < 1.29 is 9.53 Å². The number of nitrogens with one attached hydrogen (secondary N) is 1. The number of fused-ring (bicyclic) bond motifs is 2. The van der Waals surface area contributed by atoms with Crippen LogP contribution < -0.4 is 10.1 Å². The van der Waals surface area contributed by atoms with E-state index in [0.717, 1.165) is 38.8 Å². The number of carbonyl (C=O) groups is 1. The van der Waals surface area contributed by atoms with E-state index >= 15 is 0 Å². The van der Waals surface area contributed by atoms with Crippen LogP contribution in [0.5, 0.6) is 5.75 Å². The molecule has 23 heavy (non-hydrogen) atoms. The van der Waals surface area contributed by atoms with Crippen molar-refractivity contribution in [3.8, 4) is 16.9 Å². The van der Waals surface area contributed by atoms with Crippen molar-refractivity contribution in [2.45, 2.75) is 13.5 Å². The van der Waals surface area contributed by atoms with E-state index in [9.17, 15) is 4.79 Å². The van der Waals surface area contributed by atoms with Gasteiger partial charge in [-0.1, -0.05) is 35.9 Å². The summed E-state index contributed by atoms with van der Waals surface area (Å²) in [6.45, 7) is 2.65. The van der Waals surface area contributed by atoms with Crippen LogP contribution in [0.25, 0.3) is 21.9 Å². The summed E-state index contributed by atoms with van der Waals surface area (Å²) < 4.78 is 5.39. The van der Waals surface area contributed by atoms with Crippen LogP contribution in [0.15, 0.2) is 48.5 Å². The van der Waals surface area contributed by atoms with Crippen LogP contribution in [0.3, 0.4) is 0 Å². The molecule has 0 spiro atoms. The van der Waals surface area contributed by atoms with Crippen molar-refractivity contribution >= 4 is 16.7 Å². The Bertz CT molecular complexity index is 927. The number of carbonyl (C=O) groups excluding carboxylic acids is 1. The Kier molecular flexibility index (Phi) is 3.08. The van der Waals surface area contributed by atoms with E-state index in [1.807, 2.05) is 24.3 Å². The number of rotatable bonds is 2.